The second-order valence-corrected chi connectivity index (χ2v) is 7.32. The van der Waals surface area contributed by atoms with E-state index in [4.69, 9.17) is 11.6 Å². The van der Waals surface area contributed by atoms with Crippen molar-refractivity contribution in [2.75, 3.05) is 25.2 Å². The molecule has 0 aromatic heterocycles. The van der Waals surface area contributed by atoms with Gasteiger partial charge in [-0.15, -0.1) is 0 Å². The lowest BCUT2D eigenvalue weighted by Gasteiger charge is -2.15. The van der Waals surface area contributed by atoms with Gasteiger partial charge in [0.2, 0.25) is 15.9 Å². The monoisotopic (exact) mass is 358 g/mol. The molecule has 124 valence electrons. The van der Waals surface area contributed by atoms with E-state index in [0.29, 0.717) is 6.07 Å². The van der Waals surface area contributed by atoms with Gasteiger partial charge in [-0.2, -0.15) is 13.2 Å². The molecule has 1 rings (SSSR count). The average Bonchev–Trinajstić information content (AvgIpc) is 2.37. The summed E-state index contributed by atoms with van der Waals surface area (Å²) in [6, 6.07) is 2.90. The van der Waals surface area contributed by atoms with Crippen LogP contribution in [0.2, 0.25) is 5.02 Å². The molecule has 0 aliphatic heterocycles. The van der Waals surface area contributed by atoms with Gasteiger partial charge in [0.15, 0.2) is 0 Å². The van der Waals surface area contributed by atoms with Gasteiger partial charge in [-0.25, -0.2) is 12.7 Å². The summed E-state index contributed by atoms with van der Waals surface area (Å²) < 4.78 is 62.5. The molecule has 5 nitrogen and oxygen atoms in total. The number of rotatable bonds is 5. The number of halogens is 4. The van der Waals surface area contributed by atoms with Crippen LogP contribution in [0.5, 0.6) is 0 Å². The predicted molar refractivity (Wildman–Crippen MR) is 77.2 cm³/mol. The van der Waals surface area contributed by atoms with Gasteiger partial charge in [0.25, 0.3) is 0 Å². The number of sulfonamides is 1. The fraction of sp³-hybridized carbons (Fsp3) is 0.417. The standard InChI is InChI=1S/C12H14ClF3N2O3S/c1-18(2)22(20,21)6-5-11(19)17-10-4-3-8(13)7-9(10)12(14,15)16/h3-4,7H,5-6H2,1-2H3,(H,17,19). The fourth-order valence-corrected chi connectivity index (χ4v) is 2.46. The lowest BCUT2D eigenvalue weighted by Crippen LogP contribution is -2.27. The highest BCUT2D eigenvalue weighted by Gasteiger charge is 2.34. The maximum absolute atomic E-state index is 12.8. The van der Waals surface area contributed by atoms with Crippen molar-refractivity contribution < 1.29 is 26.4 Å². The van der Waals surface area contributed by atoms with Crippen molar-refractivity contribution in [3.63, 3.8) is 0 Å². The number of anilines is 1. The molecule has 22 heavy (non-hydrogen) atoms. The first-order valence-corrected chi connectivity index (χ1v) is 7.99. The molecule has 0 radical (unpaired) electrons. The Bertz CT molecular complexity index is 660. The van der Waals surface area contributed by atoms with Gasteiger partial charge in [-0.05, 0) is 18.2 Å². The van der Waals surface area contributed by atoms with Crippen LogP contribution in [0.1, 0.15) is 12.0 Å². The largest absolute Gasteiger partial charge is 0.418 e. The number of benzene rings is 1. The topological polar surface area (TPSA) is 66.5 Å². The number of nitrogens with zero attached hydrogens (tertiary/aromatic N) is 1. The molecule has 0 bridgehead atoms. The summed E-state index contributed by atoms with van der Waals surface area (Å²) in [5.74, 6) is -1.33. The average molecular weight is 359 g/mol. The number of carbonyl (C=O) groups excluding carboxylic acids is 1. The smallest absolute Gasteiger partial charge is 0.325 e. The number of carbonyl (C=O) groups is 1. The highest BCUT2D eigenvalue weighted by atomic mass is 35.5. The molecule has 0 heterocycles. The van der Waals surface area contributed by atoms with E-state index >= 15 is 0 Å². The van der Waals surface area contributed by atoms with E-state index in [2.05, 4.69) is 5.32 Å². The van der Waals surface area contributed by atoms with E-state index in [0.717, 1.165) is 10.4 Å². The molecule has 1 amide bonds. The molecule has 10 heteroatoms. The second kappa shape index (κ2) is 6.84. The minimum Gasteiger partial charge on any atom is -0.325 e. The highest BCUT2D eigenvalue weighted by Crippen LogP contribution is 2.36. The Morgan fingerprint density at radius 3 is 2.41 bits per heavy atom. The minimum atomic E-state index is -4.69. The fourth-order valence-electron chi connectivity index (χ4n) is 1.48. The van der Waals surface area contributed by atoms with Gasteiger partial charge in [-0.3, -0.25) is 4.79 Å². The quantitative estimate of drug-likeness (QED) is 0.879. The van der Waals surface area contributed by atoms with E-state index in [1.165, 1.54) is 20.2 Å². The number of hydrogen-bond donors (Lipinski definition) is 1. The second-order valence-electron chi connectivity index (χ2n) is 4.58. The lowest BCUT2D eigenvalue weighted by molar-refractivity contribution is -0.137. The highest BCUT2D eigenvalue weighted by molar-refractivity contribution is 7.89. The van der Waals surface area contributed by atoms with Crippen molar-refractivity contribution in [1.82, 2.24) is 4.31 Å². The zero-order valence-electron chi connectivity index (χ0n) is 11.7. The molecule has 0 aliphatic carbocycles. The first kappa shape index (κ1) is 18.7. The summed E-state index contributed by atoms with van der Waals surface area (Å²) in [6.07, 6.45) is -5.15. The van der Waals surface area contributed by atoms with Gasteiger partial charge < -0.3 is 5.32 Å². The molecule has 0 spiro atoms. The Balaban J connectivity index is 2.86. The number of amides is 1. The molecule has 1 aromatic rings. The van der Waals surface area contributed by atoms with Gasteiger partial charge in [0.1, 0.15) is 0 Å². The van der Waals surface area contributed by atoms with Crippen molar-refractivity contribution in [2.24, 2.45) is 0 Å². The lowest BCUT2D eigenvalue weighted by atomic mass is 10.1. The zero-order valence-corrected chi connectivity index (χ0v) is 13.3. The van der Waals surface area contributed by atoms with E-state index in [-0.39, 0.29) is 5.02 Å². The van der Waals surface area contributed by atoms with Crippen LogP contribution in [0.4, 0.5) is 18.9 Å². The molecule has 1 N–H and O–H groups in total. The molecule has 0 aliphatic rings. The maximum Gasteiger partial charge on any atom is 0.418 e. The molecule has 0 atom stereocenters. The van der Waals surface area contributed by atoms with Crippen LogP contribution in [0.3, 0.4) is 0 Å². The first-order chi connectivity index (χ1) is 9.93. The van der Waals surface area contributed by atoms with Crippen LogP contribution in [-0.2, 0) is 21.0 Å². The van der Waals surface area contributed by atoms with Crippen LogP contribution in [-0.4, -0.2) is 38.5 Å². The van der Waals surface area contributed by atoms with E-state index in [1.807, 2.05) is 0 Å². The van der Waals surface area contributed by atoms with Gasteiger partial charge in [-0.1, -0.05) is 11.6 Å². The number of alkyl halides is 3. The van der Waals surface area contributed by atoms with E-state index in [1.54, 1.807) is 0 Å². The van der Waals surface area contributed by atoms with Gasteiger partial charge in [0, 0.05) is 25.5 Å². The first-order valence-electron chi connectivity index (χ1n) is 6.00. The summed E-state index contributed by atoms with van der Waals surface area (Å²) in [6.45, 7) is 0. The van der Waals surface area contributed by atoms with Crippen molar-refractivity contribution in [3.05, 3.63) is 28.8 Å². The molecule has 0 saturated carbocycles. The van der Waals surface area contributed by atoms with Crippen LogP contribution < -0.4 is 5.32 Å². The summed E-state index contributed by atoms with van der Waals surface area (Å²) in [5.41, 5.74) is -1.56. The van der Waals surface area contributed by atoms with Gasteiger partial charge in [0.05, 0.1) is 17.0 Å². The number of hydrogen-bond acceptors (Lipinski definition) is 3. The van der Waals surface area contributed by atoms with Crippen LogP contribution in [0.25, 0.3) is 0 Å². The summed E-state index contributed by atoms with van der Waals surface area (Å²) >= 11 is 5.52. The molecular weight excluding hydrogens is 345 g/mol. The molecule has 0 saturated heterocycles. The Labute approximate surface area is 131 Å². The van der Waals surface area contributed by atoms with E-state index in [9.17, 15) is 26.4 Å². The Kier molecular flexibility index (Phi) is 5.82. The molecule has 1 aromatic carbocycles. The van der Waals surface area contributed by atoms with Crippen molar-refractivity contribution >= 4 is 33.2 Å². The maximum atomic E-state index is 12.8. The predicted octanol–water partition coefficient (Wildman–Crippen LogP) is 2.58. The number of nitrogens with one attached hydrogen (secondary N) is 1. The minimum absolute atomic E-state index is 0.125. The Morgan fingerprint density at radius 1 is 1.32 bits per heavy atom. The van der Waals surface area contributed by atoms with Crippen LogP contribution >= 0.6 is 11.6 Å². The normalized spacial score (nSPS) is 12.5. The zero-order chi connectivity index (χ0) is 17.1. The third kappa shape index (κ3) is 5.15. The van der Waals surface area contributed by atoms with Crippen LogP contribution in [0.15, 0.2) is 18.2 Å². The molecular formula is C12H14ClF3N2O3S. The van der Waals surface area contributed by atoms with Crippen molar-refractivity contribution in [1.29, 1.82) is 0 Å². The molecule has 0 unspecified atom stereocenters. The van der Waals surface area contributed by atoms with Gasteiger partial charge >= 0.3 is 6.18 Å². The third-order valence-electron chi connectivity index (χ3n) is 2.70. The van der Waals surface area contributed by atoms with Crippen molar-refractivity contribution in [3.8, 4) is 0 Å². The Hall–Kier alpha value is -1.32. The third-order valence-corrected chi connectivity index (χ3v) is 4.77. The summed E-state index contributed by atoms with van der Waals surface area (Å²) in [5, 5.41) is 1.93. The summed E-state index contributed by atoms with van der Waals surface area (Å²) in [4.78, 5) is 11.7. The molecule has 0 fully saturated rings. The summed E-state index contributed by atoms with van der Waals surface area (Å²) in [7, 11) is -1.00. The van der Waals surface area contributed by atoms with E-state index < -0.39 is 45.5 Å². The Morgan fingerprint density at radius 2 is 1.91 bits per heavy atom. The van der Waals surface area contributed by atoms with Crippen molar-refractivity contribution in [2.45, 2.75) is 12.6 Å². The SMILES string of the molecule is CN(C)S(=O)(=O)CCC(=O)Nc1ccc(Cl)cc1C(F)(F)F. The van der Waals surface area contributed by atoms with Crippen LogP contribution in [0, 0.1) is 0 Å².